The van der Waals surface area contributed by atoms with Gasteiger partial charge in [0, 0.05) is 31.6 Å². The van der Waals surface area contributed by atoms with Gasteiger partial charge in [-0.15, -0.1) is 12.4 Å². The molecule has 1 heterocycles. The molecule has 0 radical (unpaired) electrons. The van der Waals surface area contributed by atoms with E-state index in [1.165, 1.54) is 0 Å². The number of halogens is 1. The van der Waals surface area contributed by atoms with Crippen molar-refractivity contribution < 1.29 is 9.59 Å². The highest BCUT2D eigenvalue weighted by molar-refractivity contribution is 5.85. The highest BCUT2D eigenvalue weighted by atomic mass is 35.5. The number of hydrogen-bond acceptors (Lipinski definition) is 3. The smallest absolute Gasteiger partial charge is 0.225 e. The quantitative estimate of drug-likeness (QED) is 0.762. The number of nitrogens with zero attached hydrogens (tertiary/aromatic N) is 1. The number of hydrogen-bond donors (Lipinski definition) is 2. The number of amides is 2. The predicted molar refractivity (Wildman–Crippen MR) is 107 cm³/mol. The average molecular weight is 382 g/mol. The van der Waals surface area contributed by atoms with Crippen LogP contribution in [0.15, 0.2) is 30.3 Å². The van der Waals surface area contributed by atoms with E-state index >= 15 is 0 Å². The van der Waals surface area contributed by atoms with Crippen molar-refractivity contribution in [3.63, 3.8) is 0 Å². The molecule has 0 saturated carbocycles. The first kappa shape index (κ1) is 22.5. The second kappa shape index (κ2) is 11.2. The highest BCUT2D eigenvalue weighted by Crippen LogP contribution is 2.21. The molecule has 2 amide bonds. The van der Waals surface area contributed by atoms with Gasteiger partial charge in [0.05, 0.1) is 5.92 Å². The first-order valence-corrected chi connectivity index (χ1v) is 9.40. The molecule has 3 atom stereocenters. The van der Waals surface area contributed by atoms with Crippen LogP contribution < -0.4 is 11.1 Å². The summed E-state index contributed by atoms with van der Waals surface area (Å²) >= 11 is 0. The van der Waals surface area contributed by atoms with Gasteiger partial charge in [-0.05, 0) is 31.7 Å². The van der Waals surface area contributed by atoms with Crippen LogP contribution in [0.3, 0.4) is 0 Å². The maximum absolute atomic E-state index is 12.6. The van der Waals surface area contributed by atoms with Crippen LogP contribution in [0.5, 0.6) is 0 Å². The van der Waals surface area contributed by atoms with Crippen LogP contribution in [0, 0.1) is 5.92 Å². The number of carbonyl (C=O) groups is 2. The summed E-state index contributed by atoms with van der Waals surface area (Å²) < 4.78 is 0. The predicted octanol–water partition coefficient (Wildman–Crippen LogP) is 3.04. The van der Waals surface area contributed by atoms with Crippen LogP contribution in [0.1, 0.15) is 57.6 Å². The lowest BCUT2D eigenvalue weighted by atomic mass is 9.95. The summed E-state index contributed by atoms with van der Waals surface area (Å²) in [4.78, 5) is 26.8. The molecule has 1 aromatic rings. The molecule has 0 aliphatic carbocycles. The van der Waals surface area contributed by atoms with Gasteiger partial charge in [0.2, 0.25) is 11.8 Å². The second-order valence-electron chi connectivity index (χ2n) is 7.10. The van der Waals surface area contributed by atoms with Crippen molar-refractivity contribution in [3.05, 3.63) is 35.9 Å². The van der Waals surface area contributed by atoms with E-state index in [0.717, 1.165) is 31.2 Å². The second-order valence-corrected chi connectivity index (χ2v) is 7.10. The Kier molecular flexibility index (Phi) is 9.66. The molecule has 26 heavy (non-hydrogen) atoms. The topological polar surface area (TPSA) is 75.4 Å². The lowest BCUT2D eigenvalue weighted by Gasteiger charge is -2.33. The molecule has 5 nitrogen and oxygen atoms in total. The van der Waals surface area contributed by atoms with Crippen LogP contribution in [0.25, 0.3) is 0 Å². The van der Waals surface area contributed by atoms with Gasteiger partial charge in [0.25, 0.3) is 0 Å². The molecule has 3 N–H and O–H groups in total. The molecule has 2 rings (SSSR count). The molecule has 1 fully saturated rings. The van der Waals surface area contributed by atoms with E-state index in [1.807, 2.05) is 37.3 Å². The standard InChI is InChI=1S/C20H31N3O2.ClH/c1-3-8-15(2)22-20(25)17-11-7-12-23(14-17)19(24)13-18(21)16-9-5-4-6-10-16;/h4-6,9-10,15,17-18H,3,7-8,11-14,21H2,1-2H3,(H,22,25);1H. The van der Waals surface area contributed by atoms with Crippen LogP contribution in [-0.2, 0) is 9.59 Å². The number of rotatable bonds is 7. The normalized spacial score (nSPS) is 19.2. The van der Waals surface area contributed by atoms with Crippen molar-refractivity contribution in [1.82, 2.24) is 10.2 Å². The summed E-state index contributed by atoms with van der Waals surface area (Å²) in [5.74, 6) is 0.00576. The van der Waals surface area contributed by atoms with Crippen molar-refractivity contribution in [1.29, 1.82) is 0 Å². The zero-order valence-electron chi connectivity index (χ0n) is 15.8. The Labute approximate surface area is 163 Å². The number of nitrogens with one attached hydrogen (secondary N) is 1. The Morgan fingerprint density at radius 3 is 2.65 bits per heavy atom. The first-order valence-electron chi connectivity index (χ1n) is 9.40. The Morgan fingerprint density at radius 2 is 2.00 bits per heavy atom. The number of likely N-dealkylation sites (tertiary alicyclic amines) is 1. The minimum Gasteiger partial charge on any atom is -0.353 e. The van der Waals surface area contributed by atoms with Gasteiger partial charge in [-0.25, -0.2) is 0 Å². The molecule has 1 aliphatic rings. The zero-order chi connectivity index (χ0) is 18.2. The molecule has 1 aliphatic heterocycles. The summed E-state index contributed by atoms with van der Waals surface area (Å²) in [7, 11) is 0. The molecule has 146 valence electrons. The SMILES string of the molecule is CCCC(C)NC(=O)C1CCCN(C(=O)CC(N)c2ccccc2)C1.Cl. The average Bonchev–Trinajstić information content (AvgIpc) is 2.62. The van der Waals surface area contributed by atoms with Gasteiger partial charge in [-0.2, -0.15) is 0 Å². The monoisotopic (exact) mass is 381 g/mol. The largest absolute Gasteiger partial charge is 0.353 e. The van der Waals surface area contributed by atoms with E-state index in [4.69, 9.17) is 5.73 Å². The van der Waals surface area contributed by atoms with E-state index in [-0.39, 0.29) is 48.6 Å². The summed E-state index contributed by atoms with van der Waals surface area (Å²) in [6, 6.07) is 9.57. The fraction of sp³-hybridized carbons (Fsp3) is 0.600. The van der Waals surface area contributed by atoms with Gasteiger partial charge in [0.15, 0.2) is 0 Å². The minimum atomic E-state index is -0.299. The molecular formula is C20H32ClN3O2. The van der Waals surface area contributed by atoms with Crippen LogP contribution >= 0.6 is 12.4 Å². The number of carbonyl (C=O) groups excluding carboxylic acids is 2. The zero-order valence-corrected chi connectivity index (χ0v) is 16.6. The first-order chi connectivity index (χ1) is 12.0. The van der Waals surface area contributed by atoms with Crippen molar-refractivity contribution in [2.45, 2.75) is 58.0 Å². The molecule has 0 spiro atoms. The van der Waals surface area contributed by atoms with Gasteiger partial charge in [0.1, 0.15) is 0 Å². The fourth-order valence-corrected chi connectivity index (χ4v) is 3.42. The molecule has 6 heteroatoms. The van der Waals surface area contributed by atoms with Crippen LogP contribution in [0.4, 0.5) is 0 Å². The van der Waals surface area contributed by atoms with Crippen molar-refractivity contribution in [2.75, 3.05) is 13.1 Å². The van der Waals surface area contributed by atoms with Crippen molar-refractivity contribution in [2.24, 2.45) is 11.7 Å². The van der Waals surface area contributed by atoms with E-state index in [9.17, 15) is 9.59 Å². The number of piperidine rings is 1. The fourth-order valence-electron chi connectivity index (χ4n) is 3.42. The van der Waals surface area contributed by atoms with Gasteiger partial charge >= 0.3 is 0 Å². The summed E-state index contributed by atoms with van der Waals surface area (Å²) in [6.45, 7) is 5.37. The summed E-state index contributed by atoms with van der Waals surface area (Å²) in [6.07, 6.45) is 4.03. The maximum Gasteiger partial charge on any atom is 0.225 e. The van der Waals surface area contributed by atoms with Gasteiger partial charge < -0.3 is 16.0 Å². The van der Waals surface area contributed by atoms with E-state index in [1.54, 1.807) is 4.90 Å². The molecule has 1 saturated heterocycles. The van der Waals surface area contributed by atoms with Crippen LogP contribution in [-0.4, -0.2) is 35.8 Å². The van der Waals surface area contributed by atoms with Crippen molar-refractivity contribution >= 4 is 24.2 Å². The summed E-state index contributed by atoms with van der Waals surface area (Å²) in [5, 5.41) is 3.08. The third-order valence-electron chi connectivity index (χ3n) is 4.88. The third kappa shape index (κ3) is 6.61. The number of nitrogens with two attached hydrogens (primary N) is 1. The maximum atomic E-state index is 12.6. The Bertz CT molecular complexity index is 567. The molecule has 0 aromatic heterocycles. The molecule has 1 aromatic carbocycles. The Morgan fingerprint density at radius 1 is 1.31 bits per heavy atom. The van der Waals surface area contributed by atoms with E-state index in [2.05, 4.69) is 12.2 Å². The third-order valence-corrected chi connectivity index (χ3v) is 4.88. The lowest BCUT2D eigenvalue weighted by molar-refractivity contribution is -0.136. The van der Waals surface area contributed by atoms with E-state index in [0.29, 0.717) is 13.1 Å². The number of benzene rings is 1. The highest BCUT2D eigenvalue weighted by Gasteiger charge is 2.29. The molecule has 0 bridgehead atoms. The van der Waals surface area contributed by atoms with Crippen LogP contribution in [0.2, 0.25) is 0 Å². The molecule has 3 unspecified atom stereocenters. The van der Waals surface area contributed by atoms with Gasteiger partial charge in [-0.3, -0.25) is 9.59 Å². The lowest BCUT2D eigenvalue weighted by Crippen LogP contribution is -2.47. The summed E-state index contributed by atoms with van der Waals surface area (Å²) in [5.41, 5.74) is 7.14. The van der Waals surface area contributed by atoms with Crippen molar-refractivity contribution in [3.8, 4) is 0 Å². The molecular weight excluding hydrogens is 350 g/mol. The van der Waals surface area contributed by atoms with E-state index < -0.39 is 0 Å². The minimum absolute atomic E-state index is 0. The Balaban J connectivity index is 0.00000338. The van der Waals surface area contributed by atoms with Gasteiger partial charge in [-0.1, -0.05) is 43.7 Å². The Hall–Kier alpha value is -1.59.